The van der Waals surface area contributed by atoms with E-state index in [1.165, 1.54) is 25.3 Å². The molecule has 0 bridgehead atoms. The fourth-order valence-electron chi connectivity index (χ4n) is 2.36. The summed E-state index contributed by atoms with van der Waals surface area (Å²) >= 11 is 0. The van der Waals surface area contributed by atoms with Crippen molar-refractivity contribution in [1.82, 2.24) is 5.32 Å². The minimum Gasteiger partial charge on any atom is -0.349 e. The van der Waals surface area contributed by atoms with Gasteiger partial charge in [-0.05, 0) is 37.5 Å². The van der Waals surface area contributed by atoms with Crippen molar-refractivity contribution in [3.05, 3.63) is 35.1 Å². The molecule has 0 aliphatic heterocycles. The van der Waals surface area contributed by atoms with Crippen LogP contribution in [0.1, 0.15) is 48.0 Å². The molecule has 1 saturated carbocycles. The number of carbonyl (C=O) groups is 1. The molecule has 3 heteroatoms. The van der Waals surface area contributed by atoms with Crippen LogP contribution in [-0.4, -0.2) is 11.9 Å². The molecule has 0 atom stereocenters. The lowest BCUT2D eigenvalue weighted by molar-refractivity contribution is 0.0926. The number of halogens is 1. The van der Waals surface area contributed by atoms with Gasteiger partial charge in [-0.1, -0.05) is 25.3 Å². The highest BCUT2D eigenvalue weighted by atomic mass is 19.1. The highest BCUT2D eigenvalue weighted by Crippen LogP contribution is 2.18. The second kappa shape index (κ2) is 5.30. The first kappa shape index (κ1) is 12.1. The number of amides is 1. The maximum Gasteiger partial charge on any atom is 0.251 e. The van der Waals surface area contributed by atoms with E-state index in [0.717, 1.165) is 12.8 Å². The number of nitrogens with one attached hydrogen (secondary N) is 1. The topological polar surface area (TPSA) is 29.1 Å². The molecule has 0 radical (unpaired) electrons. The van der Waals surface area contributed by atoms with Crippen LogP contribution in [0.4, 0.5) is 4.39 Å². The molecule has 1 amide bonds. The summed E-state index contributed by atoms with van der Waals surface area (Å²) in [7, 11) is 0. The van der Waals surface area contributed by atoms with E-state index in [1.54, 1.807) is 19.1 Å². The second-order valence-electron chi connectivity index (χ2n) is 4.72. The summed E-state index contributed by atoms with van der Waals surface area (Å²) in [6.07, 6.45) is 5.69. The Morgan fingerprint density at radius 2 is 2.00 bits per heavy atom. The Bertz CT molecular complexity index is 411. The molecule has 1 fully saturated rings. The summed E-state index contributed by atoms with van der Waals surface area (Å²) in [5.74, 6) is -0.463. The van der Waals surface area contributed by atoms with Gasteiger partial charge in [0.2, 0.25) is 0 Å². The number of rotatable bonds is 2. The van der Waals surface area contributed by atoms with E-state index < -0.39 is 0 Å². The van der Waals surface area contributed by atoms with Crippen LogP contribution in [0, 0.1) is 12.7 Å². The Morgan fingerprint density at radius 1 is 1.29 bits per heavy atom. The normalized spacial score (nSPS) is 16.8. The second-order valence-corrected chi connectivity index (χ2v) is 4.72. The molecule has 1 N–H and O–H groups in total. The maximum atomic E-state index is 13.3. The van der Waals surface area contributed by atoms with Crippen molar-refractivity contribution < 1.29 is 9.18 Å². The summed E-state index contributed by atoms with van der Waals surface area (Å²) in [6.45, 7) is 1.64. The Hall–Kier alpha value is -1.38. The zero-order chi connectivity index (χ0) is 12.3. The van der Waals surface area contributed by atoms with E-state index >= 15 is 0 Å². The standard InChI is InChI=1S/C14H18FNO/c1-10-12(8-5-9-13(10)15)14(17)16-11-6-3-2-4-7-11/h5,8-9,11H,2-4,6-7H2,1H3,(H,16,17). The fraction of sp³-hybridized carbons (Fsp3) is 0.500. The van der Waals surface area contributed by atoms with Gasteiger partial charge in [0.15, 0.2) is 0 Å². The first-order valence-corrected chi connectivity index (χ1v) is 6.24. The van der Waals surface area contributed by atoms with Crippen LogP contribution >= 0.6 is 0 Å². The van der Waals surface area contributed by atoms with Gasteiger partial charge in [-0.25, -0.2) is 4.39 Å². The number of carbonyl (C=O) groups excluding carboxylic acids is 1. The summed E-state index contributed by atoms with van der Waals surface area (Å²) < 4.78 is 13.3. The molecule has 1 aliphatic carbocycles. The lowest BCUT2D eigenvalue weighted by Gasteiger charge is -2.23. The third-order valence-electron chi connectivity index (χ3n) is 3.45. The minimum atomic E-state index is -0.318. The maximum absolute atomic E-state index is 13.3. The summed E-state index contributed by atoms with van der Waals surface area (Å²) in [5, 5.41) is 3.00. The summed E-state index contributed by atoms with van der Waals surface area (Å²) in [4.78, 5) is 12.0. The molecule has 2 rings (SSSR count). The van der Waals surface area contributed by atoms with Gasteiger partial charge in [0, 0.05) is 11.6 Å². The lowest BCUT2D eigenvalue weighted by Crippen LogP contribution is -2.36. The van der Waals surface area contributed by atoms with Crippen LogP contribution in [0.5, 0.6) is 0 Å². The molecule has 1 aliphatic rings. The average molecular weight is 235 g/mol. The monoisotopic (exact) mass is 235 g/mol. The predicted molar refractivity (Wildman–Crippen MR) is 65.5 cm³/mol. The first-order valence-electron chi connectivity index (χ1n) is 6.24. The van der Waals surface area contributed by atoms with Crippen molar-refractivity contribution in [1.29, 1.82) is 0 Å². The Labute approximate surface area is 101 Å². The van der Waals surface area contributed by atoms with Crippen LogP contribution in [0.25, 0.3) is 0 Å². The highest BCUT2D eigenvalue weighted by Gasteiger charge is 2.18. The molecule has 0 spiro atoms. The molecule has 0 aromatic heterocycles. The van der Waals surface area contributed by atoms with Crippen molar-refractivity contribution in [2.45, 2.75) is 45.1 Å². The third-order valence-corrected chi connectivity index (χ3v) is 3.45. The Kier molecular flexibility index (Phi) is 3.77. The van der Waals surface area contributed by atoms with Crippen molar-refractivity contribution in [3.8, 4) is 0 Å². The smallest absolute Gasteiger partial charge is 0.251 e. The molecule has 0 saturated heterocycles. The average Bonchev–Trinajstić information content (AvgIpc) is 2.34. The molecule has 0 heterocycles. The van der Waals surface area contributed by atoms with Crippen molar-refractivity contribution in [3.63, 3.8) is 0 Å². The van der Waals surface area contributed by atoms with Gasteiger partial charge in [0.25, 0.3) is 5.91 Å². The molecular weight excluding hydrogens is 217 g/mol. The third kappa shape index (κ3) is 2.84. The Balaban J connectivity index is 2.06. The van der Waals surface area contributed by atoms with Crippen molar-refractivity contribution >= 4 is 5.91 Å². The van der Waals surface area contributed by atoms with Gasteiger partial charge in [-0.2, -0.15) is 0 Å². The Morgan fingerprint density at radius 3 is 2.71 bits per heavy atom. The lowest BCUT2D eigenvalue weighted by atomic mass is 9.95. The largest absolute Gasteiger partial charge is 0.349 e. The van der Waals surface area contributed by atoms with E-state index in [2.05, 4.69) is 5.32 Å². The van der Waals surface area contributed by atoms with Crippen LogP contribution < -0.4 is 5.32 Å². The zero-order valence-corrected chi connectivity index (χ0v) is 10.1. The summed E-state index contributed by atoms with van der Waals surface area (Å²) in [6, 6.07) is 4.90. The molecule has 1 aromatic rings. The van der Waals surface area contributed by atoms with Crippen molar-refractivity contribution in [2.75, 3.05) is 0 Å². The highest BCUT2D eigenvalue weighted by molar-refractivity contribution is 5.95. The van der Waals surface area contributed by atoms with Gasteiger partial charge < -0.3 is 5.32 Å². The van der Waals surface area contributed by atoms with E-state index in [1.807, 2.05) is 0 Å². The van der Waals surface area contributed by atoms with Gasteiger partial charge in [0.1, 0.15) is 5.82 Å². The summed E-state index contributed by atoms with van der Waals surface area (Å²) in [5.41, 5.74) is 0.886. The molecule has 92 valence electrons. The van der Waals surface area contributed by atoms with Gasteiger partial charge in [-0.15, -0.1) is 0 Å². The van der Waals surface area contributed by atoms with Gasteiger partial charge in [0.05, 0.1) is 0 Å². The number of hydrogen-bond donors (Lipinski definition) is 1. The minimum absolute atomic E-state index is 0.145. The van der Waals surface area contributed by atoms with E-state index in [0.29, 0.717) is 11.1 Å². The van der Waals surface area contributed by atoms with Crippen LogP contribution in [0.3, 0.4) is 0 Å². The van der Waals surface area contributed by atoms with E-state index in [9.17, 15) is 9.18 Å². The van der Waals surface area contributed by atoms with E-state index in [4.69, 9.17) is 0 Å². The first-order chi connectivity index (χ1) is 8.18. The quantitative estimate of drug-likeness (QED) is 0.838. The van der Waals surface area contributed by atoms with Crippen molar-refractivity contribution in [2.24, 2.45) is 0 Å². The van der Waals surface area contributed by atoms with E-state index in [-0.39, 0.29) is 17.8 Å². The van der Waals surface area contributed by atoms with Crippen LogP contribution in [0.2, 0.25) is 0 Å². The van der Waals surface area contributed by atoms with Crippen LogP contribution in [0.15, 0.2) is 18.2 Å². The molecule has 0 unspecified atom stereocenters. The zero-order valence-electron chi connectivity index (χ0n) is 10.1. The molecular formula is C14H18FNO. The predicted octanol–water partition coefficient (Wildman–Crippen LogP) is 3.20. The van der Waals surface area contributed by atoms with Gasteiger partial charge in [-0.3, -0.25) is 4.79 Å². The van der Waals surface area contributed by atoms with Gasteiger partial charge >= 0.3 is 0 Å². The number of hydrogen-bond acceptors (Lipinski definition) is 1. The SMILES string of the molecule is Cc1c(F)cccc1C(=O)NC1CCCCC1. The molecule has 17 heavy (non-hydrogen) atoms. The molecule has 1 aromatic carbocycles. The molecule has 2 nitrogen and oxygen atoms in total. The number of benzene rings is 1. The fourth-order valence-corrected chi connectivity index (χ4v) is 2.36. The van der Waals surface area contributed by atoms with Crippen LogP contribution in [-0.2, 0) is 0 Å².